The Hall–Kier alpha value is -3.21. The highest BCUT2D eigenvalue weighted by atomic mass is 16.5. The standard InChI is InChI=1S/C20H21N3O2/c1-22(2)15-6-5-9-18(13-15)25-19-10-11-20(21-14-19)23(3)16-7-4-8-17(24)12-16/h4-14,24H,1-3H3. The molecule has 1 aromatic heterocycles. The Balaban J connectivity index is 1.75. The van der Waals surface area contributed by atoms with E-state index in [1.807, 2.05) is 73.4 Å². The van der Waals surface area contributed by atoms with Crippen molar-refractivity contribution >= 4 is 17.2 Å². The van der Waals surface area contributed by atoms with Gasteiger partial charge in [-0.25, -0.2) is 4.98 Å². The van der Waals surface area contributed by atoms with Gasteiger partial charge in [0.05, 0.1) is 6.20 Å². The molecule has 0 aliphatic rings. The molecule has 0 spiro atoms. The summed E-state index contributed by atoms with van der Waals surface area (Å²) in [5.74, 6) is 2.43. The van der Waals surface area contributed by atoms with Crippen LogP contribution in [0.25, 0.3) is 0 Å². The molecule has 3 rings (SSSR count). The number of anilines is 3. The normalized spacial score (nSPS) is 10.4. The molecule has 1 heterocycles. The van der Waals surface area contributed by atoms with Crippen LogP contribution in [0.1, 0.15) is 0 Å². The van der Waals surface area contributed by atoms with Crippen molar-refractivity contribution < 1.29 is 9.84 Å². The molecule has 0 unspecified atom stereocenters. The maximum Gasteiger partial charge on any atom is 0.145 e. The summed E-state index contributed by atoms with van der Waals surface area (Å²) in [6.07, 6.45) is 1.69. The molecule has 0 atom stereocenters. The maximum absolute atomic E-state index is 9.61. The van der Waals surface area contributed by atoms with E-state index in [2.05, 4.69) is 4.98 Å². The largest absolute Gasteiger partial charge is 0.508 e. The average Bonchev–Trinajstić information content (AvgIpc) is 2.62. The second-order valence-corrected chi connectivity index (χ2v) is 5.92. The number of phenols is 1. The first kappa shape index (κ1) is 16.6. The van der Waals surface area contributed by atoms with Gasteiger partial charge in [-0.2, -0.15) is 0 Å². The first-order valence-corrected chi connectivity index (χ1v) is 7.97. The average molecular weight is 335 g/mol. The smallest absolute Gasteiger partial charge is 0.145 e. The Morgan fingerprint density at radius 2 is 1.60 bits per heavy atom. The summed E-state index contributed by atoms with van der Waals surface area (Å²) >= 11 is 0. The second kappa shape index (κ2) is 7.13. The van der Waals surface area contributed by atoms with Crippen LogP contribution in [0.5, 0.6) is 17.2 Å². The molecule has 0 saturated carbocycles. The zero-order valence-electron chi connectivity index (χ0n) is 14.5. The lowest BCUT2D eigenvalue weighted by molar-refractivity contribution is 0.475. The number of ether oxygens (including phenoxy) is 1. The van der Waals surface area contributed by atoms with Gasteiger partial charge in [-0.3, -0.25) is 0 Å². The van der Waals surface area contributed by atoms with E-state index in [0.717, 1.165) is 22.9 Å². The fourth-order valence-corrected chi connectivity index (χ4v) is 2.43. The van der Waals surface area contributed by atoms with Gasteiger partial charge < -0.3 is 19.6 Å². The molecule has 0 amide bonds. The highest BCUT2D eigenvalue weighted by Gasteiger charge is 2.07. The molecule has 5 nitrogen and oxygen atoms in total. The minimum atomic E-state index is 0.227. The van der Waals surface area contributed by atoms with E-state index in [9.17, 15) is 5.11 Å². The van der Waals surface area contributed by atoms with Crippen molar-refractivity contribution in [2.75, 3.05) is 30.9 Å². The first-order chi connectivity index (χ1) is 12.0. The molecule has 25 heavy (non-hydrogen) atoms. The molecule has 0 bridgehead atoms. The summed E-state index contributed by atoms with van der Waals surface area (Å²) in [4.78, 5) is 8.37. The highest BCUT2D eigenvalue weighted by molar-refractivity contribution is 5.61. The molecule has 0 radical (unpaired) electrons. The van der Waals surface area contributed by atoms with Gasteiger partial charge in [0, 0.05) is 44.7 Å². The Morgan fingerprint density at radius 1 is 0.840 bits per heavy atom. The first-order valence-electron chi connectivity index (χ1n) is 7.97. The number of benzene rings is 2. The summed E-state index contributed by atoms with van der Waals surface area (Å²) < 4.78 is 5.88. The van der Waals surface area contributed by atoms with E-state index in [1.165, 1.54) is 0 Å². The minimum Gasteiger partial charge on any atom is -0.508 e. The van der Waals surface area contributed by atoms with Gasteiger partial charge in [-0.05, 0) is 36.4 Å². The molecule has 2 aromatic carbocycles. The monoisotopic (exact) mass is 335 g/mol. The maximum atomic E-state index is 9.61. The van der Waals surface area contributed by atoms with Crippen molar-refractivity contribution in [1.29, 1.82) is 0 Å². The SMILES string of the molecule is CN(C)c1cccc(Oc2ccc(N(C)c3cccc(O)c3)nc2)c1. The van der Waals surface area contributed by atoms with Crippen LogP contribution in [-0.2, 0) is 0 Å². The Labute approximate surface area is 147 Å². The number of pyridine rings is 1. The summed E-state index contributed by atoms with van der Waals surface area (Å²) in [5, 5.41) is 9.61. The van der Waals surface area contributed by atoms with Crippen LogP contribution in [0, 0.1) is 0 Å². The van der Waals surface area contributed by atoms with Crippen molar-refractivity contribution in [3.8, 4) is 17.2 Å². The topological polar surface area (TPSA) is 48.8 Å². The van der Waals surface area contributed by atoms with E-state index in [-0.39, 0.29) is 5.75 Å². The number of nitrogens with zero attached hydrogens (tertiary/aromatic N) is 3. The zero-order valence-corrected chi connectivity index (χ0v) is 14.5. The van der Waals surface area contributed by atoms with Crippen molar-refractivity contribution in [2.24, 2.45) is 0 Å². The lowest BCUT2D eigenvalue weighted by Crippen LogP contribution is -2.10. The summed E-state index contributed by atoms with van der Waals surface area (Å²) in [6, 6.07) is 18.7. The molecule has 128 valence electrons. The van der Waals surface area contributed by atoms with Crippen LogP contribution in [0.3, 0.4) is 0 Å². The molecule has 0 fully saturated rings. The van der Waals surface area contributed by atoms with Crippen LogP contribution >= 0.6 is 0 Å². The van der Waals surface area contributed by atoms with Crippen molar-refractivity contribution in [2.45, 2.75) is 0 Å². The predicted octanol–water partition coefficient (Wildman–Crippen LogP) is 4.41. The number of hydrogen-bond acceptors (Lipinski definition) is 5. The lowest BCUT2D eigenvalue weighted by Gasteiger charge is -2.19. The van der Waals surface area contributed by atoms with E-state index >= 15 is 0 Å². The van der Waals surface area contributed by atoms with E-state index < -0.39 is 0 Å². The molecule has 1 N–H and O–H groups in total. The fourth-order valence-electron chi connectivity index (χ4n) is 2.43. The third-order valence-corrected chi connectivity index (χ3v) is 3.85. The second-order valence-electron chi connectivity index (χ2n) is 5.92. The highest BCUT2D eigenvalue weighted by Crippen LogP contribution is 2.28. The van der Waals surface area contributed by atoms with Crippen molar-refractivity contribution in [3.63, 3.8) is 0 Å². The van der Waals surface area contributed by atoms with Gasteiger partial charge in [-0.15, -0.1) is 0 Å². The quantitative estimate of drug-likeness (QED) is 0.748. The summed E-state index contributed by atoms with van der Waals surface area (Å²) in [6.45, 7) is 0. The van der Waals surface area contributed by atoms with Crippen LogP contribution in [0.15, 0.2) is 66.9 Å². The van der Waals surface area contributed by atoms with Crippen LogP contribution in [0.2, 0.25) is 0 Å². The van der Waals surface area contributed by atoms with Crippen molar-refractivity contribution in [1.82, 2.24) is 4.98 Å². The van der Waals surface area contributed by atoms with Gasteiger partial charge in [0.1, 0.15) is 23.1 Å². The van der Waals surface area contributed by atoms with Crippen LogP contribution < -0.4 is 14.5 Å². The Kier molecular flexibility index (Phi) is 4.75. The Morgan fingerprint density at radius 3 is 2.28 bits per heavy atom. The molecule has 5 heteroatoms. The van der Waals surface area contributed by atoms with E-state index in [4.69, 9.17) is 4.74 Å². The Bertz CT molecular complexity index is 848. The third kappa shape index (κ3) is 4.01. The third-order valence-electron chi connectivity index (χ3n) is 3.85. The molecule has 0 saturated heterocycles. The number of phenolic OH excluding ortho intramolecular Hbond substituents is 1. The van der Waals surface area contributed by atoms with E-state index in [0.29, 0.717) is 5.75 Å². The predicted molar refractivity (Wildman–Crippen MR) is 101 cm³/mol. The molecule has 0 aliphatic carbocycles. The number of aromatic nitrogens is 1. The zero-order chi connectivity index (χ0) is 17.8. The van der Waals surface area contributed by atoms with Gasteiger partial charge in [0.25, 0.3) is 0 Å². The molecule has 0 aliphatic heterocycles. The summed E-state index contributed by atoms with van der Waals surface area (Å²) in [7, 11) is 5.89. The number of hydrogen-bond donors (Lipinski definition) is 1. The number of rotatable bonds is 5. The lowest BCUT2D eigenvalue weighted by atomic mass is 10.2. The van der Waals surface area contributed by atoms with Gasteiger partial charge in [0.15, 0.2) is 0 Å². The molecular formula is C20H21N3O2. The molecular weight excluding hydrogens is 314 g/mol. The minimum absolute atomic E-state index is 0.227. The fraction of sp³-hybridized carbons (Fsp3) is 0.150. The van der Waals surface area contributed by atoms with Crippen LogP contribution in [0.4, 0.5) is 17.2 Å². The number of aromatic hydroxyl groups is 1. The van der Waals surface area contributed by atoms with Gasteiger partial charge in [-0.1, -0.05) is 12.1 Å². The summed E-state index contributed by atoms with van der Waals surface area (Å²) in [5.41, 5.74) is 1.94. The van der Waals surface area contributed by atoms with Crippen molar-refractivity contribution in [3.05, 3.63) is 66.9 Å². The van der Waals surface area contributed by atoms with E-state index in [1.54, 1.807) is 24.4 Å². The van der Waals surface area contributed by atoms with Gasteiger partial charge >= 0.3 is 0 Å². The molecule has 3 aromatic rings. The van der Waals surface area contributed by atoms with Gasteiger partial charge in [0.2, 0.25) is 0 Å². The van der Waals surface area contributed by atoms with Crippen LogP contribution in [-0.4, -0.2) is 31.2 Å².